The molecule has 0 aromatic carbocycles. The molecule has 0 saturated carbocycles. The van der Waals surface area contributed by atoms with Crippen molar-refractivity contribution in [1.82, 2.24) is 4.98 Å². The molecule has 1 heterocycles. The fourth-order valence-electron chi connectivity index (χ4n) is 1.16. The minimum absolute atomic E-state index is 0.391. The van der Waals surface area contributed by atoms with Gasteiger partial charge < -0.3 is 0 Å². The van der Waals surface area contributed by atoms with Crippen molar-refractivity contribution in [1.29, 1.82) is 0 Å². The van der Waals surface area contributed by atoms with Crippen LogP contribution in [0.2, 0.25) is 0 Å². The van der Waals surface area contributed by atoms with Gasteiger partial charge in [-0.25, -0.2) is 0 Å². The Hall–Kier alpha value is -1.63. The first kappa shape index (κ1) is 11.4. The van der Waals surface area contributed by atoms with Gasteiger partial charge in [-0.1, -0.05) is 51.3 Å². The Kier molecular flexibility index (Phi) is 4.04. The van der Waals surface area contributed by atoms with Gasteiger partial charge in [0.2, 0.25) is 0 Å². The first-order chi connectivity index (χ1) is 7.09. The van der Waals surface area contributed by atoms with E-state index < -0.39 is 0 Å². The molecule has 0 atom stereocenters. The van der Waals surface area contributed by atoms with Crippen LogP contribution in [-0.4, -0.2) is 4.98 Å². The molecule has 0 N–H and O–H groups in total. The Morgan fingerprint density at radius 1 is 1.00 bits per heavy atom. The summed E-state index contributed by atoms with van der Waals surface area (Å²) in [6, 6.07) is 11.7. The van der Waals surface area contributed by atoms with Crippen LogP contribution in [0.1, 0.15) is 25.5 Å². The predicted molar refractivity (Wildman–Crippen MR) is 66.2 cm³/mol. The molecule has 1 heteroatoms. The van der Waals surface area contributed by atoms with Gasteiger partial charge in [-0.05, 0) is 23.3 Å². The first-order valence-corrected chi connectivity index (χ1v) is 5.09. The normalized spacial score (nSPS) is 9.80. The van der Waals surface area contributed by atoms with E-state index in [4.69, 9.17) is 0 Å². The van der Waals surface area contributed by atoms with E-state index in [0.717, 1.165) is 16.3 Å². The maximum Gasteiger partial charge on any atom is 0.0561 e. The van der Waals surface area contributed by atoms with Gasteiger partial charge >= 0.3 is 0 Å². The SMILES string of the molecule is C=c1ccccc(=C)nc(C(C)C)cc1. The highest BCUT2D eigenvalue weighted by Gasteiger charge is 1.95. The van der Waals surface area contributed by atoms with Crippen molar-refractivity contribution in [3.63, 3.8) is 0 Å². The second-order valence-corrected chi connectivity index (χ2v) is 3.81. The van der Waals surface area contributed by atoms with Crippen molar-refractivity contribution in [3.05, 3.63) is 52.7 Å². The Morgan fingerprint density at radius 2 is 1.67 bits per heavy atom. The molecule has 0 spiro atoms. The molecule has 0 aliphatic rings. The summed E-state index contributed by atoms with van der Waals surface area (Å²) in [5.41, 5.74) is 1.03. The van der Waals surface area contributed by atoms with E-state index >= 15 is 0 Å². The van der Waals surface area contributed by atoms with Crippen molar-refractivity contribution in [2.45, 2.75) is 19.8 Å². The largest absolute Gasteiger partial charge is 0.254 e. The molecule has 0 radical (unpaired) electrons. The first-order valence-electron chi connectivity index (χ1n) is 5.09. The van der Waals surface area contributed by atoms with Crippen LogP contribution in [0.15, 0.2) is 36.4 Å². The maximum atomic E-state index is 4.45. The van der Waals surface area contributed by atoms with Crippen molar-refractivity contribution >= 4 is 13.2 Å². The molecule has 1 rings (SSSR count). The molecule has 0 unspecified atom stereocenters. The molecule has 0 saturated heterocycles. The van der Waals surface area contributed by atoms with Gasteiger partial charge in [-0.2, -0.15) is 0 Å². The Morgan fingerprint density at radius 3 is 2.33 bits per heavy atom. The van der Waals surface area contributed by atoms with Crippen LogP contribution in [0.3, 0.4) is 0 Å². The van der Waals surface area contributed by atoms with Crippen LogP contribution in [0.4, 0.5) is 0 Å². The highest BCUT2D eigenvalue weighted by Crippen LogP contribution is 2.05. The molecule has 15 heavy (non-hydrogen) atoms. The summed E-state index contributed by atoms with van der Waals surface area (Å²) >= 11 is 0. The number of hydrogen-bond donors (Lipinski definition) is 0. The van der Waals surface area contributed by atoms with Crippen LogP contribution in [0, 0.1) is 0 Å². The molecule has 1 aromatic rings. The van der Waals surface area contributed by atoms with E-state index in [1.807, 2.05) is 36.4 Å². The Labute approximate surface area is 91.1 Å². The summed E-state index contributed by atoms with van der Waals surface area (Å²) in [7, 11) is 0. The molecule has 1 nitrogen and oxygen atoms in total. The average Bonchev–Trinajstić information content (AvgIpc) is 2.18. The molecule has 0 aliphatic heterocycles. The Bertz CT molecular complexity index is 473. The second kappa shape index (κ2) is 5.30. The molecule has 0 aliphatic carbocycles. The summed E-state index contributed by atoms with van der Waals surface area (Å²) in [4.78, 5) is 4.45. The minimum Gasteiger partial charge on any atom is -0.254 e. The van der Waals surface area contributed by atoms with Gasteiger partial charge in [0.05, 0.1) is 5.35 Å². The summed E-state index contributed by atoms with van der Waals surface area (Å²) in [5, 5.41) is 1.75. The topological polar surface area (TPSA) is 12.9 Å². The smallest absolute Gasteiger partial charge is 0.0561 e. The molecular weight excluding hydrogens is 182 g/mol. The summed E-state index contributed by atoms with van der Waals surface area (Å²) in [5.74, 6) is 0.391. The highest BCUT2D eigenvalue weighted by molar-refractivity contribution is 5.12. The lowest BCUT2D eigenvalue weighted by Gasteiger charge is -1.99. The van der Waals surface area contributed by atoms with Gasteiger partial charge in [0, 0.05) is 5.69 Å². The summed E-state index contributed by atoms with van der Waals surface area (Å²) in [6.45, 7) is 12.0. The fraction of sp³-hybridized carbons (Fsp3) is 0.214. The van der Waals surface area contributed by atoms with E-state index in [-0.39, 0.29) is 0 Å². The van der Waals surface area contributed by atoms with Crippen LogP contribution in [0.25, 0.3) is 13.2 Å². The van der Waals surface area contributed by atoms with Gasteiger partial charge in [-0.15, -0.1) is 0 Å². The van der Waals surface area contributed by atoms with Gasteiger partial charge in [0.25, 0.3) is 0 Å². The quantitative estimate of drug-likeness (QED) is 0.675. The Balaban J connectivity index is 3.50. The zero-order valence-electron chi connectivity index (χ0n) is 9.40. The number of aromatic nitrogens is 1. The monoisotopic (exact) mass is 199 g/mol. The lowest BCUT2D eigenvalue weighted by atomic mass is 10.1. The zero-order valence-corrected chi connectivity index (χ0v) is 9.40. The summed E-state index contributed by atoms with van der Waals surface area (Å²) < 4.78 is 0. The van der Waals surface area contributed by atoms with Crippen LogP contribution < -0.4 is 10.6 Å². The maximum absolute atomic E-state index is 4.45. The van der Waals surface area contributed by atoms with E-state index in [9.17, 15) is 0 Å². The molecule has 0 bridgehead atoms. The molecule has 0 amide bonds. The van der Waals surface area contributed by atoms with Crippen LogP contribution in [0.5, 0.6) is 0 Å². The zero-order chi connectivity index (χ0) is 11.3. The highest BCUT2D eigenvalue weighted by atomic mass is 14.7. The molecular formula is C14H17N. The van der Waals surface area contributed by atoms with E-state index in [2.05, 4.69) is 32.0 Å². The van der Waals surface area contributed by atoms with Crippen molar-refractivity contribution in [2.75, 3.05) is 0 Å². The van der Waals surface area contributed by atoms with E-state index in [0.29, 0.717) is 5.92 Å². The van der Waals surface area contributed by atoms with Crippen LogP contribution >= 0.6 is 0 Å². The molecule has 1 aromatic heterocycles. The third-order valence-corrected chi connectivity index (χ3v) is 2.04. The third-order valence-electron chi connectivity index (χ3n) is 2.04. The lowest BCUT2D eigenvalue weighted by molar-refractivity contribution is 0.820. The molecule has 0 fully saturated rings. The number of nitrogens with zero attached hydrogens (tertiary/aromatic N) is 1. The van der Waals surface area contributed by atoms with Crippen molar-refractivity contribution < 1.29 is 0 Å². The number of hydrogen-bond acceptors (Lipinski definition) is 1. The van der Waals surface area contributed by atoms with Crippen molar-refractivity contribution in [3.8, 4) is 0 Å². The van der Waals surface area contributed by atoms with E-state index in [1.165, 1.54) is 0 Å². The fourth-order valence-corrected chi connectivity index (χ4v) is 1.16. The van der Waals surface area contributed by atoms with Gasteiger partial charge in [0.1, 0.15) is 0 Å². The minimum atomic E-state index is 0.391. The second-order valence-electron chi connectivity index (χ2n) is 3.81. The number of rotatable bonds is 1. The third kappa shape index (κ3) is 3.94. The predicted octanol–water partition coefficient (Wildman–Crippen LogP) is 2.15. The lowest BCUT2D eigenvalue weighted by Crippen LogP contribution is -2.05. The van der Waals surface area contributed by atoms with Crippen LogP contribution in [-0.2, 0) is 0 Å². The van der Waals surface area contributed by atoms with Gasteiger partial charge in [0.15, 0.2) is 0 Å². The van der Waals surface area contributed by atoms with E-state index in [1.54, 1.807) is 0 Å². The average molecular weight is 199 g/mol. The summed E-state index contributed by atoms with van der Waals surface area (Å²) in [6.07, 6.45) is 0. The molecule has 78 valence electrons. The van der Waals surface area contributed by atoms with Crippen molar-refractivity contribution in [2.24, 2.45) is 0 Å². The standard InChI is InChI=1S/C14H17N/c1-11(2)14-10-9-12(3)7-5-6-8-13(4)15-14/h5-11H,3-4H2,1-2H3. The van der Waals surface area contributed by atoms with Gasteiger partial charge in [-0.3, -0.25) is 4.98 Å².